The van der Waals surface area contributed by atoms with Gasteiger partial charge in [0.25, 0.3) is 5.60 Å². The molecule has 2 rings (SSSR count). The molecule has 0 saturated carbocycles. The number of ether oxygens (including phenoxy) is 5. The average Bonchev–Trinajstić information content (AvgIpc) is 3.34. The van der Waals surface area contributed by atoms with E-state index in [2.05, 4.69) is 10.9 Å². The number of aromatic nitrogens is 1. The van der Waals surface area contributed by atoms with Crippen LogP contribution in [0, 0.1) is 18.3 Å². The monoisotopic (exact) mass is 439 g/mol. The molecule has 1 aliphatic heterocycles. The smallest absolute Gasteiger partial charge is 0.350 e. The summed E-state index contributed by atoms with van der Waals surface area (Å²) in [5.41, 5.74) is -2.06. The third-order valence-electron chi connectivity index (χ3n) is 4.32. The van der Waals surface area contributed by atoms with Crippen molar-refractivity contribution in [3.8, 4) is 12.3 Å². The molecule has 2 heterocycles. The summed E-state index contributed by atoms with van der Waals surface area (Å²) in [6.07, 6.45) is 5.72. The quantitative estimate of drug-likeness (QED) is 0.232. The zero-order valence-electron chi connectivity index (χ0n) is 17.1. The molecular formula is C20H25NO8S. The fourth-order valence-electron chi connectivity index (χ4n) is 2.97. The standard InChI is InChI=1S/C20H25NO8S/c1-5-14-10-17(28-13(4)22)29-15(14)12-27-20(18(23)25-6-2,19(24)26-7-3)11-16-21-8-9-30-16/h1,8-9,14-15,17H,6-7,10-12H2,2-4H3. The highest BCUT2D eigenvalue weighted by atomic mass is 32.1. The Morgan fingerprint density at radius 1 is 1.30 bits per heavy atom. The van der Waals surface area contributed by atoms with Crippen molar-refractivity contribution in [2.24, 2.45) is 5.92 Å². The van der Waals surface area contributed by atoms with Crippen molar-refractivity contribution in [3.63, 3.8) is 0 Å². The summed E-state index contributed by atoms with van der Waals surface area (Å²) in [6.45, 7) is 4.38. The first kappa shape index (κ1) is 23.8. The Labute approximate surface area is 179 Å². The van der Waals surface area contributed by atoms with E-state index >= 15 is 0 Å². The molecule has 1 fully saturated rings. The van der Waals surface area contributed by atoms with Crippen molar-refractivity contribution in [1.82, 2.24) is 4.98 Å². The van der Waals surface area contributed by atoms with Gasteiger partial charge in [0.2, 0.25) is 6.29 Å². The molecule has 1 aromatic heterocycles. The van der Waals surface area contributed by atoms with E-state index in [0.717, 1.165) is 0 Å². The molecule has 0 amide bonds. The summed E-state index contributed by atoms with van der Waals surface area (Å²) in [5.74, 6) is -0.139. The minimum absolute atomic E-state index is 0.0443. The van der Waals surface area contributed by atoms with Gasteiger partial charge in [0.05, 0.1) is 43.3 Å². The molecule has 164 valence electrons. The molecule has 0 radical (unpaired) electrons. The predicted octanol–water partition coefficient (Wildman–Crippen LogP) is 1.49. The lowest BCUT2D eigenvalue weighted by Crippen LogP contribution is -2.54. The van der Waals surface area contributed by atoms with Crippen LogP contribution in [-0.4, -0.2) is 60.7 Å². The van der Waals surface area contributed by atoms with Crippen molar-refractivity contribution >= 4 is 29.2 Å². The highest BCUT2D eigenvalue weighted by Crippen LogP contribution is 2.30. The van der Waals surface area contributed by atoms with Crippen LogP contribution in [0.5, 0.6) is 0 Å². The summed E-state index contributed by atoms with van der Waals surface area (Å²) in [7, 11) is 0. The molecule has 10 heteroatoms. The minimum atomic E-state index is -2.06. The lowest BCUT2D eigenvalue weighted by Gasteiger charge is -2.30. The predicted molar refractivity (Wildman–Crippen MR) is 105 cm³/mol. The molecule has 0 N–H and O–H groups in total. The van der Waals surface area contributed by atoms with Crippen LogP contribution in [-0.2, 0) is 44.5 Å². The summed E-state index contributed by atoms with van der Waals surface area (Å²) in [5, 5.41) is 2.21. The maximum atomic E-state index is 12.9. The second kappa shape index (κ2) is 11.1. The van der Waals surface area contributed by atoms with Gasteiger partial charge in [0, 0.05) is 24.9 Å². The Balaban J connectivity index is 2.26. The van der Waals surface area contributed by atoms with Crippen LogP contribution in [0.25, 0.3) is 0 Å². The van der Waals surface area contributed by atoms with E-state index < -0.39 is 41.8 Å². The molecule has 0 aliphatic carbocycles. The van der Waals surface area contributed by atoms with Gasteiger partial charge in [-0.2, -0.15) is 0 Å². The molecule has 3 atom stereocenters. The van der Waals surface area contributed by atoms with Crippen LogP contribution in [0.1, 0.15) is 32.2 Å². The van der Waals surface area contributed by atoms with Crippen molar-refractivity contribution < 1.29 is 38.1 Å². The zero-order chi connectivity index (χ0) is 22.1. The minimum Gasteiger partial charge on any atom is -0.463 e. The summed E-state index contributed by atoms with van der Waals surface area (Å²) < 4.78 is 26.8. The number of hydrogen-bond acceptors (Lipinski definition) is 10. The van der Waals surface area contributed by atoms with Crippen molar-refractivity contribution in [2.45, 2.75) is 51.6 Å². The van der Waals surface area contributed by atoms with E-state index in [0.29, 0.717) is 5.01 Å². The molecular weight excluding hydrogens is 414 g/mol. The van der Waals surface area contributed by atoms with Crippen LogP contribution in [0.2, 0.25) is 0 Å². The van der Waals surface area contributed by atoms with Crippen LogP contribution in [0.15, 0.2) is 11.6 Å². The molecule has 1 aliphatic rings. The second-order valence-corrected chi connectivity index (χ2v) is 7.38. The number of thiazole rings is 1. The van der Waals surface area contributed by atoms with E-state index in [1.165, 1.54) is 18.3 Å². The number of nitrogens with zero attached hydrogens (tertiary/aromatic N) is 1. The summed E-state index contributed by atoms with van der Waals surface area (Å²) >= 11 is 1.26. The average molecular weight is 439 g/mol. The van der Waals surface area contributed by atoms with E-state index in [9.17, 15) is 14.4 Å². The Morgan fingerprint density at radius 3 is 2.47 bits per heavy atom. The number of carbonyl (C=O) groups is 3. The maximum absolute atomic E-state index is 12.9. The molecule has 1 saturated heterocycles. The van der Waals surface area contributed by atoms with Crippen LogP contribution < -0.4 is 0 Å². The first-order valence-electron chi connectivity index (χ1n) is 9.51. The maximum Gasteiger partial charge on any atom is 0.350 e. The van der Waals surface area contributed by atoms with Crippen LogP contribution in [0.3, 0.4) is 0 Å². The van der Waals surface area contributed by atoms with Gasteiger partial charge in [-0.1, -0.05) is 0 Å². The van der Waals surface area contributed by atoms with Crippen LogP contribution >= 0.6 is 11.3 Å². The molecule has 0 spiro atoms. The van der Waals surface area contributed by atoms with Gasteiger partial charge in [-0.15, -0.1) is 23.7 Å². The molecule has 0 bridgehead atoms. The first-order chi connectivity index (χ1) is 14.4. The van der Waals surface area contributed by atoms with E-state index in [-0.39, 0.29) is 32.7 Å². The summed E-state index contributed by atoms with van der Waals surface area (Å²) in [4.78, 5) is 41.1. The van der Waals surface area contributed by atoms with Crippen LogP contribution in [0.4, 0.5) is 0 Å². The highest BCUT2D eigenvalue weighted by molar-refractivity contribution is 7.09. The largest absolute Gasteiger partial charge is 0.463 e. The van der Waals surface area contributed by atoms with Gasteiger partial charge in [0.1, 0.15) is 0 Å². The van der Waals surface area contributed by atoms with Gasteiger partial charge in [-0.25, -0.2) is 14.6 Å². The Morgan fingerprint density at radius 2 is 1.97 bits per heavy atom. The van der Waals surface area contributed by atoms with E-state index in [1.54, 1.807) is 25.4 Å². The SMILES string of the molecule is C#CC1CC(OC(C)=O)OC1COC(Cc1nccs1)(C(=O)OCC)C(=O)OCC. The van der Waals surface area contributed by atoms with Crippen molar-refractivity contribution in [1.29, 1.82) is 0 Å². The summed E-state index contributed by atoms with van der Waals surface area (Å²) in [6, 6.07) is 0. The van der Waals surface area contributed by atoms with Crippen molar-refractivity contribution in [2.75, 3.05) is 19.8 Å². The number of rotatable bonds is 10. The van der Waals surface area contributed by atoms with Gasteiger partial charge in [0.15, 0.2) is 0 Å². The number of esters is 3. The number of carbonyl (C=O) groups excluding carboxylic acids is 3. The Bertz CT molecular complexity index is 754. The fraction of sp³-hybridized carbons (Fsp3) is 0.600. The molecule has 9 nitrogen and oxygen atoms in total. The molecule has 3 unspecified atom stereocenters. The lowest BCUT2D eigenvalue weighted by molar-refractivity contribution is -0.200. The normalized spacial score (nSPS) is 20.9. The number of terminal acetylenes is 1. The zero-order valence-corrected chi connectivity index (χ0v) is 17.9. The first-order valence-corrected chi connectivity index (χ1v) is 10.4. The third kappa shape index (κ3) is 5.78. The van der Waals surface area contributed by atoms with E-state index in [1.807, 2.05) is 0 Å². The second-order valence-electron chi connectivity index (χ2n) is 6.40. The van der Waals surface area contributed by atoms with Crippen molar-refractivity contribution in [3.05, 3.63) is 16.6 Å². The third-order valence-corrected chi connectivity index (χ3v) is 5.10. The van der Waals surface area contributed by atoms with E-state index in [4.69, 9.17) is 30.1 Å². The van der Waals surface area contributed by atoms with Gasteiger partial charge in [-0.05, 0) is 13.8 Å². The lowest BCUT2D eigenvalue weighted by atomic mass is 9.98. The van der Waals surface area contributed by atoms with Gasteiger partial charge >= 0.3 is 17.9 Å². The Kier molecular flexibility index (Phi) is 8.77. The highest BCUT2D eigenvalue weighted by Gasteiger charge is 2.52. The topological polar surface area (TPSA) is 110 Å². The van der Waals surface area contributed by atoms with Gasteiger partial charge < -0.3 is 23.7 Å². The number of hydrogen-bond donors (Lipinski definition) is 0. The van der Waals surface area contributed by atoms with Gasteiger partial charge in [-0.3, -0.25) is 4.79 Å². The molecule has 0 aromatic carbocycles. The molecule has 1 aromatic rings. The fourth-order valence-corrected chi connectivity index (χ4v) is 3.65. The Hall–Kier alpha value is -2.48. The molecule has 30 heavy (non-hydrogen) atoms.